The average molecular weight is 412 g/mol. The van der Waals surface area contributed by atoms with Crippen LogP contribution in [0.4, 0.5) is 17.2 Å². The second kappa shape index (κ2) is 8.44. The van der Waals surface area contributed by atoms with Gasteiger partial charge >= 0.3 is 5.69 Å². The van der Waals surface area contributed by atoms with Gasteiger partial charge in [0.05, 0.1) is 5.52 Å². The van der Waals surface area contributed by atoms with Crippen LogP contribution in [-0.4, -0.2) is 22.5 Å². The molecule has 4 rings (SSSR count). The van der Waals surface area contributed by atoms with Gasteiger partial charge in [0, 0.05) is 23.8 Å². The third-order valence-corrected chi connectivity index (χ3v) is 5.38. The number of amides is 1. The molecule has 1 heterocycles. The maximum atomic E-state index is 13.0. The third-order valence-electron chi connectivity index (χ3n) is 5.38. The monoisotopic (exact) mass is 412 g/mol. The highest BCUT2D eigenvalue weighted by atomic mass is 16.2. The van der Waals surface area contributed by atoms with Crippen LogP contribution in [0.1, 0.15) is 11.1 Å². The number of nitrogens with zero attached hydrogens (tertiary/aromatic N) is 3. The molecule has 0 radical (unpaired) electrons. The third kappa shape index (κ3) is 4.05. The summed E-state index contributed by atoms with van der Waals surface area (Å²) in [5.74, 6) is 0.286. The molecular formula is C25H24N4O2. The Morgan fingerprint density at radius 2 is 1.58 bits per heavy atom. The number of anilines is 3. The lowest BCUT2D eigenvalue weighted by Gasteiger charge is -2.21. The molecule has 3 aromatic carbocycles. The Hall–Kier alpha value is -3.93. The Morgan fingerprint density at radius 1 is 0.935 bits per heavy atom. The second-order valence-corrected chi connectivity index (χ2v) is 7.53. The number of aromatic nitrogens is 2. The summed E-state index contributed by atoms with van der Waals surface area (Å²) in [5.41, 5.74) is 3.85. The van der Waals surface area contributed by atoms with Gasteiger partial charge in [-0.3, -0.25) is 9.36 Å². The topological polar surface area (TPSA) is 67.2 Å². The van der Waals surface area contributed by atoms with Gasteiger partial charge in [0.15, 0.2) is 0 Å². The number of benzene rings is 3. The Bertz CT molecular complexity index is 1290. The number of hydrogen-bond donors (Lipinski definition) is 1. The zero-order chi connectivity index (χ0) is 22.0. The van der Waals surface area contributed by atoms with Crippen molar-refractivity contribution in [1.82, 2.24) is 9.55 Å². The molecule has 0 aliphatic rings. The van der Waals surface area contributed by atoms with Crippen molar-refractivity contribution in [3.63, 3.8) is 0 Å². The molecule has 6 heteroatoms. The van der Waals surface area contributed by atoms with Crippen molar-refractivity contribution in [3.8, 4) is 0 Å². The van der Waals surface area contributed by atoms with Gasteiger partial charge in [-0.25, -0.2) is 4.79 Å². The first kappa shape index (κ1) is 20.3. The minimum Gasteiger partial charge on any atom is -0.329 e. The van der Waals surface area contributed by atoms with Crippen LogP contribution < -0.4 is 15.9 Å². The molecule has 0 unspecified atom stereocenters. The molecule has 0 fully saturated rings. The highest BCUT2D eigenvalue weighted by Gasteiger charge is 2.17. The lowest BCUT2D eigenvalue weighted by atomic mass is 10.1. The predicted molar refractivity (Wildman–Crippen MR) is 125 cm³/mol. The van der Waals surface area contributed by atoms with E-state index in [4.69, 9.17) is 0 Å². The van der Waals surface area contributed by atoms with E-state index in [9.17, 15) is 9.59 Å². The molecule has 0 aliphatic carbocycles. The van der Waals surface area contributed by atoms with Crippen molar-refractivity contribution in [3.05, 3.63) is 94.4 Å². The summed E-state index contributed by atoms with van der Waals surface area (Å²) in [6, 6.07) is 23.1. The first-order valence-electron chi connectivity index (χ1n) is 10.1. The fourth-order valence-electron chi connectivity index (χ4n) is 3.73. The van der Waals surface area contributed by atoms with Gasteiger partial charge in [0.1, 0.15) is 12.4 Å². The lowest BCUT2D eigenvalue weighted by Crippen LogP contribution is -2.31. The van der Waals surface area contributed by atoms with Crippen molar-refractivity contribution < 1.29 is 4.79 Å². The first-order valence-corrected chi connectivity index (χ1v) is 10.1. The predicted octanol–water partition coefficient (Wildman–Crippen LogP) is 4.42. The van der Waals surface area contributed by atoms with E-state index in [1.54, 1.807) is 0 Å². The summed E-state index contributed by atoms with van der Waals surface area (Å²) in [4.78, 5) is 32.0. The molecular weight excluding hydrogens is 388 g/mol. The first-order chi connectivity index (χ1) is 15.0. The second-order valence-electron chi connectivity index (χ2n) is 7.53. The van der Waals surface area contributed by atoms with Crippen LogP contribution in [0, 0.1) is 13.8 Å². The van der Waals surface area contributed by atoms with Crippen molar-refractivity contribution in [2.75, 3.05) is 17.3 Å². The van der Waals surface area contributed by atoms with E-state index >= 15 is 0 Å². The standard InChI is InChI=1S/C25H24N4O2/c1-17-10-9-11-18(2)23(17)26-22(30)16-29-21-15-8-7-14-20(21)24(27-25(29)31)28(3)19-12-5-4-6-13-19/h4-15H,16H2,1-3H3,(H,26,30). The zero-order valence-corrected chi connectivity index (χ0v) is 17.8. The van der Waals surface area contributed by atoms with Crippen LogP contribution in [0.3, 0.4) is 0 Å². The largest absolute Gasteiger partial charge is 0.350 e. The van der Waals surface area contributed by atoms with Crippen LogP contribution in [0.5, 0.6) is 0 Å². The number of para-hydroxylation sites is 3. The Balaban J connectivity index is 1.72. The fraction of sp³-hybridized carbons (Fsp3) is 0.160. The highest BCUT2D eigenvalue weighted by molar-refractivity contribution is 5.95. The normalized spacial score (nSPS) is 10.8. The number of carbonyl (C=O) groups excluding carboxylic acids is 1. The van der Waals surface area contributed by atoms with Crippen LogP contribution in [0.15, 0.2) is 77.6 Å². The molecule has 31 heavy (non-hydrogen) atoms. The Kier molecular flexibility index (Phi) is 5.54. The number of hydrogen-bond acceptors (Lipinski definition) is 4. The molecule has 1 aromatic heterocycles. The number of fused-ring (bicyclic) bond motifs is 1. The highest BCUT2D eigenvalue weighted by Crippen LogP contribution is 2.28. The van der Waals surface area contributed by atoms with Crippen molar-refractivity contribution in [2.24, 2.45) is 0 Å². The summed E-state index contributed by atoms with van der Waals surface area (Å²) in [6.07, 6.45) is 0. The van der Waals surface area contributed by atoms with Crippen LogP contribution in [-0.2, 0) is 11.3 Å². The van der Waals surface area contributed by atoms with E-state index in [1.165, 1.54) is 4.57 Å². The molecule has 156 valence electrons. The minimum atomic E-state index is -0.465. The Morgan fingerprint density at radius 3 is 2.29 bits per heavy atom. The molecule has 4 aromatic rings. The molecule has 0 atom stereocenters. The molecule has 0 saturated carbocycles. The Labute approximate surface area is 180 Å². The zero-order valence-electron chi connectivity index (χ0n) is 17.8. The molecule has 1 amide bonds. The van der Waals surface area contributed by atoms with Gasteiger partial charge in [-0.1, -0.05) is 48.5 Å². The molecule has 0 saturated heterocycles. The minimum absolute atomic E-state index is 0.116. The maximum Gasteiger partial charge on any atom is 0.350 e. The molecule has 6 nitrogen and oxygen atoms in total. The van der Waals surface area contributed by atoms with E-state index < -0.39 is 5.69 Å². The number of aryl methyl sites for hydroxylation is 2. The molecule has 1 N–H and O–H groups in total. The number of rotatable bonds is 5. The van der Waals surface area contributed by atoms with E-state index in [-0.39, 0.29) is 12.5 Å². The fourth-order valence-corrected chi connectivity index (χ4v) is 3.73. The van der Waals surface area contributed by atoms with Crippen LogP contribution in [0.2, 0.25) is 0 Å². The van der Waals surface area contributed by atoms with E-state index in [0.29, 0.717) is 11.3 Å². The van der Waals surface area contributed by atoms with Gasteiger partial charge < -0.3 is 10.2 Å². The SMILES string of the molecule is Cc1cccc(C)c1NC(=O)Cn1c(=O)nc(N(C)c2ccccc2)c2ccccc21. The molecule has 0 aliphatic heterocycles. The van der Waals surface area contributed by atoms with Gasteiger partial charge in [0.2, 0.25) is 5.91 Å². The van der Waals surface area contributed by atoms with E-state index in [0.717, 1.165) is 27.9 Å². The summed E-state index contributed by atoms with van der Waals surface area (Å²) in [6.45, 7) is 3.77. The lowest BCUT2D eigenvalue weighted by molar-refractivity contribution is -0.116. The summed E-state index contributed by atoms with van der Waals surface area (Å²) < 4.78 is 1.42. The molecule has 0 spiro atoms. The van der Waals surface area contributed by atoms with Crippen LogP contribution >= 0.6 is 0 Å². The quantitative estimate of drug-likeness (QED) is 0.527. The smallest absolute Gasteiger partial charge is 0.329 e. The van der Waals surface area contributed by atoms with Crippen molar-refractivity contribution >= 4 is 34.0 Å². The maximum absolute atomic E-state index is 13.0. The van der Waals surface area contributed by atoms with Crippen molar-refractivity contribution in [2.45, 2.75) is 20.4 Å². The van der Waals surface area contributed by atoms with Crippen molar-refractivity contribution in [1.29, 1.82) is 0 Å². The average Bonchev–Trinajstić information content (AvgIpc) is 2.78. The number of nitrogens with one attached hydrogen (secondary N) is 1. The van der Waals surface area contributed by atoms with Crippen LogP contribution in [0.25, 0.3) is 10.9 Å². The van der Waals surface area contributed by atoms with Gasteiger partial charge in [-0.15, -0.1) is 0 Å². The molecule has 0 bridgehead atoms. The van der Waals surface area contributed by atoms with Gasteiger partial charge in [-0.2, -0.15) is 4.98 Å². The summed E-state index contributed by atoms with van der Waals surface area (Å²) in [7, 11) is 1.88. The summed E-state index contributed by atoms with van der Waals surface area (Å²) in [5, 5.41) is 3.74. The number of carbonyl (C=O) groups is 1. The van der Waals surface area contributed by atoms with E-state index in [2.05, 4.69) is 10.3 Å². The van der Waals surface area contributed by atoms with Gasteiger partial charge in [0.25, 0.3) is 0 Å². The van der Waals surface area contributed by atoms with E-state index in [1.807, 2.05) is 98.6 Å². The van der Waals surface area contributed by atoms with Gasteiger partial charge in [-0.05, 0) is 49.2 Å². The summed E-state index contributed by atoms with van der Waals surface area (Å²) >= 11 is 0.